The third-order valence-corrected chi connectivity index (χ3v) is 5.09. The van der Waals surface area contributed by atoms with E-state index in [1.165, 1.54) is 12.1 Å². The molecular formula is C18H22N2O5S. The number of anilines is 1. The molecule has 0 radical (unpaired) electrons. The van der Waals surface area contributed by atoms with Gasteiger partial charge < -0.3 is 15.2 Å². The van der Waals surface area contributed by atoms with Gasteiger partial charge in [0.2, 0.25) is 10.0 Å². The smallest absolute Gasteiger partial charge is 0.335 e. The first-order chi connectivity index (χ1) is 12.3. The molecule has 0 unspecified atom stereocenters. The lowest BCUT2D eigenvalue weighted by atomic mass is 10.2. The second-order valence-electron chi connectivity index (χ2n) is 5.83. The molecule has 7 nitrogen and oxygen atoms in total. The van der Waals surface area contributed by atoms with E-state index in [-0.39, 0.29) is 23.0 Å². The third-order valence-electron chi connectivity index (χ3n) is 3.65. The lowest BCUT2D eigenvalue weighted by molar-refractivity contribution is 0.0696. The molecule has 8 heteroatoms. The molecule has 2 rings (SSSR count). The van der Waals surface area contributed by atoms with Gasteiger partial charge in [-0.15, -0.1) is 0 Å². The van der Waals surface area contributed by atoms with Crippen LogP contribution in [0.4, 0.5) is 5.69 Å². The van der Waals surface area contributed by atoms with E-state index >= 15 is 0 Å². The van der Waals surface area contributed by atoms with Gasteiger partial charge >= 0.3 is 5.97 Å². The second kappa shape index (κ2) is 8.79. The molecule has 26 heavy (non-hydrogen) atoms. The Balaban J connectivity index is 2.33. The SMILES string of the molecule is COC[C@H](C)Nc1ccc(C(=O)O)cc1S(=O)(=O)NCc1ccccc1. The number of carboxylic acid groups (broad SMARTS) is 1. The van der Waals surface area contributed by atoms with Gasteiger partial charge in [-0.25, -0.2) is 17.9 Å². The molecule has 0 aliphatic carbocycles. The van der Waals surface area contributed by atoms with Crippen LogP contribution >= 0.6 is 0 Å². The standard InChI is InChI=1S/C18H22N2O5S/c1-13(12-25-2)20-16-9-8-15(18(21)22)10-17(16)26(23,24)19-11-14-6-4-3-5-7-14/h3-10,13,19-20H,11-12H2,1-2H3,(H,21,22)/t13-/m0/s1. The topological polar surface area (TPSA) is 105 Å². The van der Waals surface area contributed by atoms with Gasteiger partial charge in [0.25, 0.3) is 0 Å². The molecule has 2 aromatic rings. The number of nitrogens with one attached hydrogen (secondary N) is 2. The molecule has 0 aliphatic heterocycles. The number of sulfonamides is 1. The monoisotopic (exact) mass is 378 g/mol. The van der Waals surface area contributed by atoms with Crippen molar-refractivity contribution in [1.29, 1.82) is 0 Å². The van der Waals surface area contributed by atoms with E-state index < -0.39 is 16.0 Å². The van der Waals surface area contributed by atoms with Gasteiger partial charge in [0.1, 0.15) is 4.90 Å². The van der Waals surface area contributed by atoms with Crippen molar-refractivity contribution >= 4 is 21.7 Å². The number of ether oxygens (including phenoxy) is 1. The first kappa shape index (κ1) is 19.9. The van der Waals surface area contributed by atoms with Gasteiger partial charge in [-0.05, 0) is 30.7 Å². The molecular weight excluding hydrogens is 356 g/mol. The number of carboxylic acids is 1. The highest BCUT2D eigenvalue weighted by atomic mass is 32.2. The Bertz CT molecular complexity index is 853. The van der Waals surface area contributed by atoms with Gasteiger partial charge in [0.05, 0.1) is 17.9 Å². The number of rotatable bonds is 9. The van der Waals surface area contributed by atoms with E-state index in [2.05, 4.69) is 10.0 Å². The fraction of sp³-hybridized carbons (Fsp3) is 0.278. The zero-order valence-electron chi connectivity index (χ0n) is 14.6. The second-order valence-corrected chi connectivity index (χ2v) is 7.56. The van der Waals surface area contributed by atoms with E-state index in [1.807, 2.05) is 25.1 Å². The molecule has 1 atom stereocenters. The normalized spacial score (nSPS) is 12.5. The maximum Gasteiger partial charge on any atom is 0.335 e. The highest BCUT2D eigenvalue weighted by Crippen LogP contribution is 2.24. The Morgan fingerprint density at radius 3 is 2.50 bits per heavy atom. The van der Waals surface area contributed by atoms with Crippen LogP contribution in [-0.2, 0) is 21.3 Å². The van der Waals surface area contributed by atoms with Crippen LogP contribution in [0.3, 0.4) is 0 Å². The zero-order valence-corrected chi connectivity index (χ0v) is 15.4. The Kier molecular flexibility index (Phi) is 6.73. The van der Waals surface area contributed by atoms with Crippen LogP contribution in [0.15, 0.2) is 53.4 Å². The van der Waals surface area contributed by atoms with Gasteiger partial charge in [-0.2, -0.15) is 0 Å². The van der Waals surface area contributed by atoms with Crippen LogP contribution in [-0.4, -0.2) is 39.3 Å². The van der Waals surface area contributed by atoms with Crippen molar-refractivity contribution in [2.24, 2.45) is 0 Å². The zero-order chi connectivity index (χ0) is 19.2. The summed E-state index contributed by atoms with van der Waals surface area (Å²) in [7, 11) is -2.38. The average Bonchev–Trinajstić information content (AvgIpc) is 2.61. The van der Waals surface area contributed by atoms with Crippen LogP contribution < -0.4 is 10.0 Å². The molecule has 0 spiro atoms. The van der Waals surface area contributed by atoms with E-state index in [9.17, 15) is 18.3 Å². The van der Waals surface area contributed by atoms with E-state index in [0.717, 1.165) is 11.6 Å². The minimum Gasteiger partial charge on any atom is -0.478 e. The molecule has 0 amide bonds. The summed E-state index contributed by atoms with van der Waals surface area (Å²) in [4.78, 5) is 11.1. The van der Waals surface area contributed by atoms with E-state index in [4.69, 9.17) is 4.74 Å². The van der Waals surface area contributed by atoms with Crippen molar-refractivity contribution in [1.82, 2.24) is 4.72 Å². The first-order valence-electron chi connectivity index (χ1n) is 8.00. The molecule has 0 heterocycles. The number of carbonyl (C=O) groups is 1. The van der Waals surface area contributed by atoms with Crippen LogP contribution in [0.25, 0.3) is 0 Å². The number of hydrogen-bond donors (Lipinski definition) is 3. The molecule has 0 aromatic heterocycles. The largest absolute Gasteiger partial charge is 0.478 e. The van der Waals surface area contributed by atoms with Crippen LogP contribution in [0.2, 0.25) is 0 Å². The summed E-state index contributed by atoms with van der Waals surface area (Å²) in [5.74, 6) is -1.19. The van der Waals surface area contributed by atoms with Crippen molar-refractivity contribution in [2.45, 2.75) is 24.4 Å². The fourth-order valence-electron chi connectivity index (χ4n) is 2.41. The summed E-state index contributed by atoms with van der Waals surface area (Å²) >= 11 is 0. The van der Waals surface area contributed by atoms with Crippen LogP contribution in [0.1, 0.15) is 22.8 Å². The molecule has 0 bridgehead atoms. The lowest BCUT2D eigenvalue weighted by Gasteiger charge is -2.18. The maximum atomic E-state index is 12.8. The molecule has 0 fully saturated rings. The van der Waals surface area contributed by atoms with Crippen molar-refractivity contribution in [3.63, 3.8) is 0 Å². The average molecular weight is 378 g/mol. The van der Waals surface area contributed by atoms with Crippen molar-refractivity contribution in [2.75, 3.05) is 19.0 Å². The highest BCUT2D eigenvalue weighted by Gasteiger charge is 2.21. The first-order valence-corrected chi connectivity index (χ1v) is 9.48. The molecule has 3 N–H and O–H groups in total. The third kappa shape index (κ3) is 5.29. The van der Waals surface area contributed by atoms with Gasteiger partial charge in [0.15, 0.2) is 0 Å². The Morgan fingerprint density at radius 1 is 1.19 bits per heavy atom. The lowest BCUT2D eigenvalue weighted by Crippen LogP contribution is -2.27. The summed E-state index contributed by atoms with van der Waals surface area (Å²) < 4.78 is 33.1. The maximum absolute atomic E-state index is 12.8. The summed E-state index contributed by atoms with van der Waals surface area (Å²) in [6.45, 7) is 2.31. The highest BCUT2D eigenvalue weighted by molar-refractivity contribution is 7.89. The van der Waals surface area contributed by atoms with E-state index in [0.29, 0.717) is 12.3 Å². The number of aromatic carboxylic acids is 1. The van der Waals surface area contributed by atoms with E-state index in [1.54, 1.807) is 19.2 Å². The van der Waals surface area contributed by atoms with Crippen LogP contribution in [0.5, 0.6) is 0 Å². The van der Waals surface area contributed by atoms with Crippen molar-refractivity contribution < 1.29 is 23.1 Å². The molecule has 0 aliphatic rings. The summed E-state index contributed by atoms with van der Waals surface area (Å²) in [6.07, 6.45) is 0. The Labute approximate surface area is 153 Å². The predicted molar refractivity (Wildman–Crippen MR) is 98.8 cm³/mol. The minimum atomic E-state index is -3.92. The number of benzene rings is 2. The molecule has 2 aromatic carbocycles. The quantitative estimate of drug-likeness (QED) is 0.618. The molecule has 0 saturated heterocycles. The fourth-order valence-corrected chi connectivity index (χ4v) is 3.62. The molecule has 0 saturated carbocycles. The van der Waals surface area contributed by atoms with Crippen LogP contribution in [0, 0.1) is 0 Å². The Hall–Kier alpha value is -2.42. The predicted octanol–water partition coefficient (Wildman–Crippen LogP) is 2.31. The summed E-state index contributed by atoms with van der Waals surface area (Å²) in [6, 6.07) is 12.9. The Morgan fingerprint density at radius 2 is 1.88 bits per heavy atom. The molecule has 140 valence electrons. The number of hydrogen-bond acceptors (Lipinski definition) is 5. The van der Waals surface area contributed by atoms with Gasteiger partial charge in [0, 0.05) is 19.7 Å². The summed E-state index contributed by atoms with van der Waals surface area (Å²) in [5.41, 5.74) is 1.02. The van der Waals surface area contributed by atoms with Gasteiger partial charge in [-0.1, -0.05) is 30.3 Å². The minimum absolute atomic E-state index is 0.102. The summed E-state index contributed by atoms with van der Waals surface area (Å²) in [5, 5.41) is 12.2. The van der Waals surface area contributed by atoms with Crippen molar-refractivity contribution in [3.8, 4) is 0 Å². The number of methoxy groups -OCH3 is 1. The van der Waals surface area contributed by atoms with Gasteiger partial charge in [-0.3, -0.25) is 0 Å². The van der Waals surface area contributed by atoms with Crippen molar-refractivity contribution in [3.05, 3.63) is 59.7 Å².